The molecule has 3 nitrogen and oxygen atoms in total. The third-order valence-corrected chi connectivity index (χ3v) is 3.98. The molecule has 4 rings (SSSR count). The van der Waals surface area contributed by atoms with Crippen molar-refractivity contribution in [3.8, 4) is 11.3 Å². The standard InChI is InChI=1S/C14H10ClN3/c1-18-11-7-16-17-14(15)12(11)10-6-8-4-2-3-5-9(8)13(10)18/h2-5,7H,6H2,1H3. The molecule has 1 aromatic carbocycles. The van der Waals surface area contributed by atoms with E-state index in [-0.39, 0.29) is 0 Å². The normalized spacial score (nSPS) is 12.8. The molecule has 4 heteroatoms. The molecule has 0 unspecified atom stereocenters. The molecule has 0 aliphatic heterocycles. The van der Waals surface area contributed by atoms with E-state index in [2.05, 4.69) is 46.1 Å². The van der Waals surface area contributed by atoms with Crippen LogP contribution in [0.5, 0.6) is 0 Å². The number of hydrogen-bond acceptors (Lipinski definition) is 2. The molecule has 88 valence electrons. The average molecular weight is 256 g/mol. The van der Waals surface area contributed by atoms with E-state index in [4.69, 9.17) is 11.6 Å². The van der Waals surface area contributed by atoms with Crippen molar-refractivity contribution in [2.24, 2.45) is 7.05 Å². The highest BCUT2D eigenvalue weighted by Crippen LogP contribution is 2.43. The predicted molar refractivity (Wildman–Crippen MR) is 71.8 cm³/mol. The van der Waals surface area contributed by atoms with Gasteiger partial charge in [-0.25, -0.2) is 0 Å². The lowest BCUT2D eigenvalue weighted by Gasteiger charge is -2.04. The number of fused-ring (bicyclic) bond motifs is 5. The van der Waals surface area contributed by atoms with Crippen molar-refractivity contribution >= 4 is 22.5 Å². The summed E-state index contributed by atoms with van der Waals surface area (Å²) in [5.41, 5.74) is 6.22. The van der Waals surface area contributed by atoms with Gasteiger partial charge in [0.05, 0.1) is 17.4 Å². The summed E-state index contributed by atoms with van der Waals surface area (Å²) in [5, 5.41) is 9.44. The zero-order chi connectivity index (χ0) is 12.3. The monoisotopic (exact) mass is 255 g/mol. The van der Waals surface area contributed by atoms with Gasteiger partial charge in [0.1, 0.15) is 0 Å². The first-order valence-corrected chi connectivity index (χ1v) is 6.22. The lowest BCUT2D eigenvalue weighted by molar-refractivity contribution is 0.960. The maximum Gasteiger partial charge on any atom is 0.161 e. The Morgan fingerprint density at radius 1 is 1.28 bits per heavy atom. The van der Waals surface area contributed by atoms with Crippen LogP contribution in [0, 0.1) is 0 Å². The number of aryl methyl sites for hydroxylation is 1. The van der Waals surface area contributed by atoms with Gasteiger partial charge in [-0.1, -0.05) is 35.9 Å². The van der Waals surface area contributed by atoms with E-state index in [1.807, 2.05) is 0 Å². The first-order chi connectivity index (χ1) is 8.77. The van der Waals surface area contributed by atoms with Crippen molar-refractivity contribution in [1.82, 2.24) is 14.8 Å². The minimum absolute atomic E-state index is 0.497. The van der Waals surface area contributed by atoms with Gasteiger partial charge in [-0.3, -0.25) is 0 Å². The molecule has 1 aliphatic rings. The summed E-state index contributed by atoms with van der Waals surface area (Å²) in [5.74, 6) is 0. The molecule has 2 heterocycles. The summed E-state index contributed by atoms with van der Waals surface area (Å²) in [6.45, 7) is 0. The number of hydrogen-bond donors (Lipinski definition) is 0. The van der Waals surface area contributed by atoms with Crippen LogP contribution >= 0.6 is 11.6 Å². The number of benzene rings is 1. The zero-order valence-electron chi connectivity index (χ0n) is 9.81. The Balaban J connectivity index is 2.19. The molecule has 0 radical (unpaired) electrons. The fourth-order valence-corrected chi connectivity index (χ4v) is 3.19. The Labute approximate surface area is 109 Å². The minimum atomic E-state index is 0.497. The summed E-state index contributed by atoms with van der Waals surface area (Å²) in [6, 6.07) is 8.48. The third-order valence-electron chi connectivity index (χ3n) is 3.71. The topological polar surface area (TPSA) is 30.7 Å². The first kappa shape index (κ1) is 10.1. The van der Waals surface area contributed by atoms with Crippen molar-refractivity contribution in [1.29, 1.82) is 0 Å². The van der Waals surface area contributed by atoms with Gasteiger partial charge in [-0.15, -0.1) is 5.10 Å². The van der Waals surface area contributed by atoms with Crippen LogP contribution in [0.15, 0.2) is 30.5 Å². The van der Waals surface area contributed by atoms with Crippen LogP contribution in [0.3, 0.4) is 0 Å². The molecule has 18 heavy (non-hydrogen) atoms. The maximum absolute atomic E-state index is 6.21. The Hall–Kier alpha value is -1.87. The molecule has 0 saturated heterocycles. The van der Waals surface area contributed by atoms with E-state index >= 15 is 0 Å². The Morgan fingerprint density at radius 3 is 3.00 bits per heavy atom. The van der Waals surface area contributed by atoms with Crippen LogP contribution in [0.25, 0.3) is 22.2 Å². The highest BCUT2D eigenvalue weighted by molar-refractivity contribution is 6.34. The maximum atomic E-state index is 6.21. The Bertz CT molecular complexity index is 789. The van der Waals surface area contributed by atoms with Crippen LogP contribution in [0.4, 0.5) is 0 Å². The lowest BCUT2D eigenvalue weighted by atomic mass is 10.1. The highest BCUT2D eigenvalue weighted by Gasteiger charge is 2.26. The lowest BCUT2D eigenvalue weighted by Crippen LogP contribution is -1.92. The summed E-state index contributed by atoms with van der Waals surface area (Å²) in [6.07, 6.45) is 2.70. The van der Waals surface area contributed by atoms with E-state index in [0.29, 0.717) is 5.15 Å². The second kappa shape index (κ2) is 3.33. The molecule has 3 aromatic rings. The van der Waals surface area contributed by atoms with Crippen molar-refractivity contribution in [3.05, 3.63) is 46.7 Å². The molecule has 1 aliphatic carbocycles. The fraction of sp³-hybridized carbons (Fsp3) is 0.143. The summed E-state index contributed by atoms with van der Waals surface area (Å²) < 4.78 is 2.16. The summed E-state index contributed by atoms with van der Waals surface area (Å²) in [7, 11) is 2.06. The third kappa shape index (κ3) is 1.10. The van der Waals surface area contributed by atoms with Crippen molar-refractivity contribution in [2.45, 2.75) is 6.42 Å². The summed E-state index contributed by atoms with van der Waals surface area (Å²) in [4.78, 5) is 0. The van der Waals surface area contributed by atoms with E-state index in [9.17, 15) is 0 Å². The zero-order valence-corrected chi connectivity index (χ0v) is 10.6. The SMILES string of the molecule is Cn1c2c(c3c(Cl)nncc31)Cc1ccccc1-2. The van der Waals surface area contributed by atoms with Crippen LogP contribution in [-0.4, -0.2) is 14.8 Å². The smallest absolute Gasteiger partial charge is 0.161 e. The second-order valence-electron chi connectivity index (χ2n) is 4.62. The van der Waals surface area contributed by atoms with Crippen LogP contribution in [0.2, 0.25) is 5.15 Å². The number of rotatable bonds is 0. The van der Waals surface area contributed by atoms with Crippen molar-refractivity contribution in [3.63, 3.8) is 0 Å². The van der Waals surface area contributed by atoms with Crippen molar-refractivity contribution in [2.75, 3.05) is 0 Å². The van der Waals surface area contributed by atoms with Gasteiger partial charge >= 0.3 is 0 Å². The molecular formula is C14H10ClN3. The molecular weight excluding hydrogens is 246 g/mol. The number of halogens is 1. The molecule has 0 amide bonds. The first-order valence-electron chi connectivity index (χ1n) is 5.84. The Kier molecular flexibility index (Phi) is 1.87. The van der Waals surface area contributed by atoms with E-state index in [0.717, 1.165) is 17.3 Å². The quantitative estimate of drug-likeness (QED) is 0.483. The summed E-state index contributed by atoms with van der Waals surface area (Å²) >= 11 is 6.21. The highest BCUT2D eigenvalue weighted by atomic mass is 35.5. The Morgan fingerprint density at radius 2 is 2.11 bits per heavy atom. The van der Waals surface area contributed by atoms with Crippen molar-refractivity contribution < 1.29 is 0 Å². The molecule has 0 bridgehead atoms. The van der Waals surface area contributed by atoms with Gasteiger partial charge in [0.25, 0.3) is 0 Å². The van der Waals surface area contributed by atoms with Crippen LogP contribution in [-0.2, 0) is 13.5 Å². The second-order valence-corrected chi connectivity index (χ2v) is 4.97. The molecule has 2 aromatic heterocycles. The fourth-order valence-electron chi connectivity index (χ4n) is 2.94. The molecule has 0 fully saturated rings. The predicted octanol–water partition coefficient (Wildman–Crippen LogP) is 3.19. The van der Waals surface area contributed by atoms with Gasteiger partial charge in [0.15, 0.2) is 5.15 Å². The van der Waals surface area contributed by atoms with Gasteiger partial charge in [0.2, 0.25) is 0 Å². The number of nitrogens with zero attached hydrogens (tertiary/aromatic N) is 3. The van der Waals surface area contributed by atoms with Crippen LogP contribution in [0.1, 0.15) is 11.1 Å². The van der Waals surface area contributed by atoms with E-state index in [1.165, 1.54) is 22.4 Å². The largest absolute Gasteiger partial charge is 0.342 e. The molecule has 0 N–H and O–H groups in total. The van der Waals surface area contributed by atoms with E-state index in [1.54, 1.807) is 6.20 Å². The van der Waals surface area contributed by atoms with Gasteiger partial charge in [-0.05, 0) is 11.1 Å². The average Bonchev–Trinajstić information content (AvgIpc) is 2.87. The number of aromatic nitrogens is 3. The molecule has 0 saturated carbocycles. The molecule has 0 atom stereocenters. The molecule has 0 spiro atoms. The van der Waals surface area contributed by atoms with Gasteiger partial charge < -0.3 is 4.57 Å². The van der Waals surface area contributed by atoms with Crippen LogP contribution < -0.4 is 0 Å². The van der Waals surface area contributed by atoms with E-state index < -0.39 is 0 Å². The van der Waals surface area contributed by atoms with Gasteiger partial charge in [0, 0.05) is 24.4 Å². The minimum Gasteiger partial charge on any atom is -0.342 e. The van der Waals surface area contributed by atoms with Gasteiger partial charge in [-0.2, -0.15) is 5.10 Å².